The van der Waals surface area contributed by atoms with Crippen LogP contribution in [0.1, 0.15) is 0 Å². The summed E-state index contributed by atoms with van der Waals surface area (Å²) in [6.45, 7) is 0.954. The zero-order chi connectivity index (χ0) is 6.53. The van der Waals surface area contributed by atoms with Gasteiger partial charge in [-0.3, -0.25) is 0 Å². The first-order valence-corrected chi connectivity index (χ1v) is 2.65. The van der Waals surface area contributed by atoms with Crippen LogP contribution in [0.4, 0.5) is 0 Å². The molecule has 9 heavy (non-hydrogen) atoms. The van der Waals surface area contributed by atoms with Gasteiger partial charge in [0.25, 0.3) is 0 Å². The Bertz CT molecular complexity index is 150. The Morgan fingerprint density at radius 3 is 3.22 bits per heavy atom. The fourth-order valence-electron chi connectivity index (χ4n) is 0.435. The molecule has 0 saturated carbocycles. The summed E-state index contributed by atoms with van der Waals surface area (Å²) in [7, 11) is 0. The van der Waals surface area contributed by atoms with E-state index in [1.807, 2.05) is 0 Å². The maximum absolute atomic E-state index is 5.16. The van der Waals surface area contributed by atoms with Gasteiger partial charge in [0.15, 0.2) is 6.39 Å². The highest BCUT2D eigenvalue weighted by molar-refractivity contribution is 4.94. The minimum Gasteiger partial charge on any atom is -0.463 e. The molecule has 0 aliphatic rings. The number of rotatable bonds is 3. The van der Waals surface area contributed by atoms with Gasteiger partial charge in [-0.1, -0.05) is 0 Å². The lowest BCUT2D eigenvalue weighted by Crippen LogP contribution is -2.10. The van der Waals surface area contributed by atoms with E-state index in [9.17, 15) is 0 Å². The molecule has 4 nitrogen and oxygen atoms in total. The predicted octanol–water partition coefficient (Wildman–Crippen LogP) is 0.0121. The van der Waals surface area contributed by atoms with Gasteiger partial charge in [-0.2, -0.15) is 0 Å². The highest BCUT2D eigenvalue weighted by Crippen LogP contribution is 2.05. The van der Waals surface area contributed by atoms with Crippen LogP contribution in [0.25, 0.3) is 0 Å². The van der Waals surface area contributed by atoms with E-state index < -0.39 is 0 Å². The zero-order valence-electron chi connectivity index (χ0n) is 4.91. The van der Waals surface area contributed by atoms with E-state index in [0.717, 1.165) is 0 Å². The molecule has 0 atom stereocenters. The molecular formula is C5H8N2O2. The first kappa shape index (κ1) is 6.10. The van der Waals surface area contributed by atoms with E-state index in [4.69, 9.17) is 14.9 Å². The van der Waals surface area contributed by atoms with Gasteiger partial charge in [0, 0.05) is 6.54 Å². The lowest BCUT2D eigenvalue weighted by atomic mass is 10.7. The maximum atomic E-state index is 5.16. The molecule has 1 heterocycles. The summed E-state index contributed by atoms with van der Waals surface area (Å²) in [5, 5.41) is 0. The van der Waals surface area contributed by atoms with Crippen molar-refractivity contribution in [2.45, 2.75) is 0 Å². The molecular weight excluding hydrogens is 120 g/mol. The molecule has 50 valence electrons. The minimum atomic E-state index is 0.417. The summed E-state index contributed by atoms with van der Waals surface area (Å²) in [5.74, 6) is 0.417. The molecule has 1 aromatic rings. The number of aromatic nitrogens is 1. The molecule has 0 spiro atoms. The van der Waals surface area contributed by atoms with Gasteiger partial charge in [-0.25, -0.2) is 4.98 Å². The third-order valence-electron chi connectivity index (χ3n) is 0.772. The van der Waals surface area contributed by atoms with Gasteiger partial charge in [0.1, 0.15) is 12.8 Å². The van der Waals surface area contributed by atoms with Crippen molar-refractivity contribution in [1.29, 1.82) is 0 Å². The minimum absolute atomic E-state index is 0.417. The van der Waals surface area contributed by atoms with E-state index >= 15 is 0 Å². The number of nitrogens with zero attached hydrogens (tertiary/aromatic N) is 1. The van der Waals surface area contributed by atoms with Crippen molar-refractivity contribution in [3.05, 3.63) is 12.6 Å². The van der Waals surface area contributed by atoms with Crippen LogP contribution in [0.15, 0.2) is 17.0 Å². The molecule has 0 unspecified atom stereocenters. The number of ether oxygens (including phenoxy) is 1. The smallest absolute Gasteiger partial charge is 0.305 e. The van der Waals surface area contributed by atoms with Crippen molar-refractivity contribution >= 4 is 0 Å². The van der Waals surface area contributed by atoms with Crippen molar-refractivity contribution in [3.8, 4) is 5.95 Å². The average molecular weight is 128 g/mol. The van der Waals surface area contributed by atoms with Crippen molar-refractivity contribution in [2.75, 3.05) is 13.2 Å². The van der Waals surface area contributed by atoms with Gasteiger partial charge in [-0.15, -0.1) is 0 Å². The van der Waals surface area contributed by atoms with Crippen LogP contribution in [0.5, 0.6) is 5.95 Å². The van der Waals surface area contributed by atoms with Gasteiger partial charge < -0.3 is 14.9 Å². The molecule has 1 aromatic heterocycles. The maximum Gasteiger partial charge on any atom is 0.305 e. The van der Waals surface area contributed by atoms with Crippen molar-refractivity contribution in [1.82, 2.24) is 4.98 Å². The molecule has 1 rings (SSSR count). The third-order valence-corrected chi connectivity index (χ3v) is 0.772. The van der Waals surface area contributed by atoms with Crippen LogP contribution < -0.4 is 10.5 Å². The van der Waals surface area contributed by atoms with E-state index in [1.165, 1.54) is 12.6 Å². The Morgan fingerprint density at radius 2 is 2.67 bits per heavy atom. The largest absolute Gasteiger partial charge is 0.463 e. The number of oxazole rings is 1. The molecule has 0 amide bonds. The SMILES string of the molecule is NCCOc1cnco1. The highest BCUT2D eigenvalue weighted by Gasteiger charge is 1.92. The van der Waals surface area contributed by atoms with Gasteiger partial charge >= 0.3 is 5.95 Å². The van der Waals surface area contributed by atoms with E-state index in [-0.39, 0.29) is 0 Å². The first-order valence-electron chi connectivity index (χ1n) is 2.65. The summed E-state index contributed by atoms with van der Waals surface area (Å²) in [6, 6.07) is 0. The zero-order valence-corrected chi connectivity index (χ0v) is 4.91. The fourth-order valence-corrected chi connectivity index (χ4v) is 0.435. The molecule has 4 heteroatoms. The quantitative estimate of drug-likeness (QED) is 0.623. The van der Waals surface area contributed by atoms with Crippen LogP contribution >= 0.6 is 0 Å². The van der Waals surface area contributed by atoms with Gasteiger partial charge in [0.2, 0.25) is 0 Å². The number of nitrogens with two attached hydrogens (primary N) is 1. The summed E-state index contributed by atoms with van der Waals surface area (Å²) in [4.78, 5) is 3.64. The second-order valence-electron chi connectivity index (χ2n) is 1.46. The Kier molecular flexibility index (Phi) is 2.09. The van der Waals surface area contributed by atoms with Crippen LogP contribution in [-0.4, -0.2) is 18.1 Å². The second-order valence-corrected chi connectivity index (χ2v) is 1.46. The van der Waals surface area contributed by atoms with Crippen LogP contribution in [-0.2, 0) is 0 Å². The summed E-state index contributed by atoms with van der Waals surface area (Å²) < 4.78 is 9.69. The molecule has 2 N–H and O–H groups in total. The van der Waals surface area contributed by atoms with Crippen molar-refractivity contribution in [3.63, 3.8) is 0 Å². The molecule has 0 saturated heterocycles. The van der Waals surface area contributed by atoms with Gasteiger partial charge in [0.05, 0.1) is 0 Å². The van der Waals surface area contributed by atoms with E-state index in [0.29, 0.717) is 19.1 Å². The number of hydrogen-bond donors (Lipinski definition) is 1. The van der Waals surface area contributed by atoms with Gasteiger partial charge in [-0.05, 0) is 0 Å². The monoisotopic (exact) mass is 128 g/mol. The predicted molar refractivity (Wildman–Crippen MR) is 31.1 cm³/mol. The Morgan fingerprint density at radius 1 is 1.78 bits per heavy atom. The number of hydrogen-bond acceptors (Lipinski definition) is 4. The van der Waals surface area contributed by atoms with Crippen molar-refractivity contribution in [2.24, 2.45) is 5.73 Å². The standard InChI is InChI=1S/C5H8N2O2/c6-1-2-8-5-3-7-4-9-5/h3-4H,1-2,6H2. The van der Waals surface area contributed by atoms with E-state index in [1.54, 1.807) is 0 Å². The fraction of sp³-hybridized carbons (Fsp3) is 0.400. The average Bonchev–Trinajstić information content (AvgIpc) is 2.34. The lowest BCUT2D eigenvalue weighted by Gasteiger charge is -1.95. The summed E-state index contributed by atoms with van der Waals surface area (Å²) in [6.07, 6.45) is 2.81. The molecule has 0 aromatic carbocycles. The molecule has 0 aliphatic heterocycles. The third kappa shape index (κ3) is 1.73. The molecule has 0 fully saturated rings. The van der Waals surface area contributed by atoms with Crippen LogP contribution in [0, 0.1) is 0 Å². The van der Waals surface area contributed by atoms with Crippen LogP contribution in [0.2, 0.25) is 0 Å². The highest BCUT2D eigenvalue weighted by atomic mass is 16.6. The normalized spacial score (nSPS) is 9.44. The topological polar surface area (TPSA) is 61.3 Å². The summed E-state index contributed by atoms with van der Waals surface area (Å²) in [5.41, 5.74) is 5.16. The second kappa shape index (κ2) is 3.09. The Hall–Kier alpha value is -1.03. The van der Waals surface area contributed by atoms with Crippen molar-refractivity contribution < 1.29 is 9.15 Å². The Balaban J connectivity index is 2.30. The molecule has 0 radical (unpaired) electrons. The summed E-state index contributed by atoms with van der Waals surface area (Å²) >= 11 is 0. The lowest BCUT2D eigenvalue weighted by molar-refractivity contribution is 0.250. The van der Waals surface area contributed by atoms with E-state index in [2.05, 4.69) is 4.98 Å². The van der Waals surface area contributed by atoms with Crippen LogP contribution in [0.3, 0.4) is 0 Å². The molecule has 0 bridgehead atoms. The Labute approximate surface area is 52.6 Å². The first-order chi connectivity index (χ1) is 4.43. The molecule has 0 aliphatic carbocycles.